The smallest absolute Gasteiger partial charge is 0.332 e. The molecule has 0 saturated carbocycles. The van der Waals surface area contributed by atoms with Gasteiger partial charge in [-0.2, -0.15) is 5.26 Å². The summed E-state index contributed by atoms with van der Waals surface area (Å²) in [6, 6.07) is 4.03. The molecule has 13 heteroatoms. The normalized spacial score (nSPS) is 24.8. The van der Waals surface area contributed by atoms with E-state index in [1.807, 2.05) is 25.7 Å². The Morgan fingerprint density at radius 1 is 1.26 bits per heavy atom. The molecule has 0 radical (unpaired) electrons. The van der Waals surface area contributed by atoms with Crippen molar-refractivity contribution in [1.82, 2.24) is 24.0 Å². The highest BCUT2D eigenvalue weighted by Crippen LogP contribution is 2.58. The van der Waals surface area contributed by atoms with E-state index >= 15 is 0 Å². The van der Waals surface area contributed by atoms with Gasteiger partial charge in [-0.25, -0.2) is 4.79 Å². The van der Waals surface area contributed by atoms with Crippen LogP contribution >= 0.6 is 20.5 Å². The van der Waals surface area contributed by atoms with Crippen molar-refractivity contribution in [2.24, 2.45) is 7.05 Å². The largest absolute Gasteiger partial charge is 0.460 e. The Bertz CT molecular complexity index is 1150. The second kappa shape index (κ2) is 13.2. The Morgan fingerprint density at radius 3 is 2.41 bits per heavy atom. The summed E-state index contributed by atoms with van der Waals surface area (Å²) < 4.78 is 24.5. The Labute approximate surface area is 237 Å². The number of nitriles is 1. The Balaban J connectivity index is 2.09. The zero-order valence-electron chi connectivity index (χ0n) is 24.3. The van der Waals surface area contributed by atoms with Crippen molar-refractivity contribution < 1.29 is 14.0 Å². The van der Waals surface area contributed by atoms with Crippen LogP contribution in [0.1, 0.15) is 61.1 Å². The van der Waals surface area contributed by atoms with Crippen molar-refractivity contribution >= 4 is 25.7 Å². The number of nitrogens with one attached hydrogen (secondary N) is 1. The minimum absolute atomic E-state index is 0.120. The number of aromatic nitrogens is 2. The van der Waals surface area contributed by atoms with E-state index in [1.54, 1.807) is 0 Å². The number of ether oxygens (including phenoxy) is 2. The third-order valence-electron chi connectivity index (χ3n) is 7.03. The third-order valence-corrected chi connectivity index (χ3v) is 10.2. The van der Waals surface area contributed by atoms with Gasteiger partial charge in [-0.05, 0) is 60.2 Å². The first-order valence-electron chi connectivity index (χ1n) is 13.6. The van der Waals surface area contributed by atoms with Crippen LogP contribution in [0.3, 0.4) is 0 Å². The van der Waals surface area contributed by atoms with Gasteiger partial charge in [0.2, 0.25) is 0 Å². The summed E-state index contributed by atoms with van der Waals surface area (Å²) in [5.74, 6) is 0. The zero-order valence-corrected chi connectivity index (χ0v) is 26.0. The Morgan fingerprint density at radius 2 is 1.87 bits per heavy atom. The van der Waals surface area contributed by atoms with Crippen LogP contribution < -0.4 is 16.6 Å². The summed E-state index contributed by atoms with van der Waals surface area (Å²) >= 11 is 5.73. The van der Waals surface area contributed by atoms with E-state index in [0.717, 1.165) is 17.7 Å². The number of thiocarbonyl (C=S) groups is 1. The maximum atomic E-state index is 13.2. The standard InChI is InChI=1S/C26H43N6O5PS/c1-9-19-21(37-38(26(6,7)16-27)32(17(2)3)18(4)5)22(36-25(39)30-14-11-28-12-15-30)23(35-19)31-13-10-20(33)29(8)24(31)34/h10,13,17-19,21-23,28H,9,11-12,14-15H2,1-8H3. The summed E-state index contributed by atoms with van der Waals surface area (Å²) in [6.45, 7) is 17.1. The molecule has 2 fully saturated rings. The molecule has 2 saturated heterocycles. The highest BCUT2D eigenvalue weighted by molar-refractivity contribution is 7.80. The van der Waals surface area contributed by atoms with E-state index in [1.165, 1.54) is 23.9 Å². The summed E-state index contributed by atoms with van der Waals surface area (Å²) in [5, 5.41) is 13.0. The number of nitrogens with zero attached hydrogens (tertiary/aromatic N) is 5. The topological polar surface area (TPSA) is 114 Å². The first kappa shape index (κ1) is 31.7. The first-order chi connectivity index (χ1) is 18.3. The zero-order chi connectivity index (χ0) is 29.1. The second-order valence-corrected chi connectivity index (χ2v) is 13.7. The fraction of sp³-hybridized carbons (Fsp3) is 0.769. The number of rotatable bonds is 9. The molecule has 2 aliphatic rings. The van der Waals surface area contributed by atoms with Crippen molar-refractivity contribution in [1.29, 1.82) is 5.26 Å². The van der Waals surface area contributed by atoms with Crippen LogP contribution in [0.2, 0.25) is 0 Å². The molecule has 1 N–H and O–H groups in total. The highest BCUT2D eigenvalue weighted by atomic mass is 32.1. The van der Waals surface area contributed by atoms with E-state index in [-0.39, 0.29) is 12.1 Å². The molecular formula is C26H43N6O5PS. The molecule has 0 bridgehead atoms. The van der Waals surface area contributed by atoms with Crippen LogP contribution in [0, 0.1) is 11.3 Å². The first-order valence-corrected chi connectivity index (χ1v) is 15.2. The average Bonchev–Trinajstić information content (AvgIpc) is 3.23. The van der Waals surface area contributed by atoms with Crippen molar-refractivity contribution in [3.8, 4) is 6.07 Å². The second-order valence-electron chi connectivity index (χ2n) is 11.0. The van der Waals surface area contributed by atoms with Gasteiger partial charge in [-0.15, -0.1) is 0 Å². The molecule has 0 aliphatic carbocycles. The number of piperazine rings is 1. The lowest BCUT2D eigenvalue weighted by molar-refractivity contribution is -0.0400. The van der Waals surface area contributed by atoms with Crippen molar-refractivity contribution in [3.63, 3.8) is 0 Å². The molecule has 1 aromatic rings. The molecule has 0 aromatic carbocycles. The van der Waals surface area contributed by atoms with Crippen molar-refractivity contribution in [2.75, 3.05) is 26.2 Å². The quantitative estimate of drug-likeness (QED) is 0.344. The SMILES string of the molecule is CCC1OC(n2ccc(=O)n(C)c2=O)C(OC(=S)N2CCNCC2)C1OP(N(C(C)C)C(C)C)C(C)(C)C#N. The van der Waals surface area contributed by atoms with Gasteiger partial charge in [0.1, 0.15) is 19.6 Å². The van der Waals surface area contributed by atoms with Gasteiger partial charge >= 0.3 is 5.69 Å². The molecule has 2 aliphatic heterocycles. The van der Waals surface area contributed by atoms with Gasteiger partial charge in [-0.3, -0.25) is 18.6 Å². The van der Waals surface area contributed by atoms with Gasteiger partial charge in [0, 0.05) is 57.6 Å². The summed E-state index contributed by atoms with van der Waals surface area (Å²) in [7, 11) is -0.0290. The number of hydrogen-bond donors (Lipinski definition) is 1. The van der Waals surface area contributed by atoms with Crippen molar-refractivity contribution in [2.45, 2.75) is 96.7 Å². The van der Waals surface area contributed by atoms with E-state index < -0.39 is 49.2 Å². The highest BCUT2D eigenvalue weighted by Gasteiger charge is 2.52. The lowest BCUT2D eigenvalue weighted by Gasteiger charge is -2.44. The Kier molecular flexibility index (Phi) is 10.7. The van der Waals surface area contributed by atoms with Gasteiger partial charge in [0.05, 0.1) is 12.2 Å². The molecule has 39 heavy (non-hydrogen) atoms. The maximum absolute atomic E-state index is 13.2. The summed E-state index contributed by atoms with van der Waals surface area (Å²) in [6.07, 6.45) is -0.701. The molecule has 218 valence electrons. The van der Waals surface area contributed by atoms with Crippen LogP contribution in [0.4, 0.5) is 0 Å². The van der Waals surface area contributed by atoms with Crippen LogP contribution in [0.5, 0.6) is 0 Å². The van der Waals surface area contributed by atoms with E-state index in [9.17, 15) is 14.9 Å². The van der Waals surface area contributed by atoms with Crippen LogP contribution in [0.25, 0.3) is 0 Å². The summed E-state index contributed by atoms with van der Waals surface area (Å²) in [4.78, 5) is 27.3. The van der Waals surface area contributed by atoms with Gasteiger partial charge in [0.25, 0.3) is 10.7 Å². The van der Waals surface area contributed by atoms with Gasteiger partial charge in [0.15, 0.2) is 12.3 Å². The van der Waals surface area contributed by atoms with E-state index in [2.05, 4.69) is 43.8 Å². The molecule has 0 spiro atoms. The van der Waals surface area contributed by atoms with E-state index in [4.69, 9.17) is 26.2 Å². The molecule has 5 unspecified atom stereocenters. The number of hydrogen-bond acceptors (Lipinski definition) is 9. The minimum atomic E-state index is -1.46. The molecule has 11 nitrogen and oxygen atoms in total. The Hall–Kier alpha value is -1.87. The summed E-state index contributed by atoms with van der Waals surface area (Å²) in [5.41, 5.74) is -0.929. The predicted octanol–water partition coefficient (Wildman–Crippen LogP) is 2.55. The fourth-order valence-electron chi connectivity index (χ4n) is 4.98. The molecule has 1 aromatic heterocycles. The fourth-order valence-corrected chi connectivity index (χ4v) is 7.64. The van der Waals surface area contributed by atoms with Crippen LogP contribution in [0.15, 0.2) is 21.9 Å². The predicted molar refractivity (Wildman–Crippen MR) is 156 cm³/mol. The molecular weight excluding hydrogens is 539 g/mol. The van der Waals surface area contributed by atoms with Crippen molar-refractivity contribution in [3.05, 3.63) is 33.1 Å². The molecule has 5 atom stereocenters. The van der Waals surface area contributed by atoms with Crippen LogP contribution in [-0.4, -0.2) is 85.6 Å². The molecule has 3 rings (SSSR count). The van der Waals surface area contributed by atoms with Crippen LogP contribution in [-0.2, 0) is 21.0 Å². The van der Waals surface area contributed by atoms with E-state index in [0.29, 0.717) is 24.7 Å². The molecule has 0 amide bonds. The monoisotopic (exact) mass is 582 g/mol. The van der Waals surface area contributed by atoms with Gasteiger partial charge < -0.3 is 24.2 Å². The maximum Gasteiger partial charge on any atom is 0.332 e. The van der Waals surface area contributed by atoms with Gasteiger partial charge in [-0.1, -0.05) is 6.92 Å². The third kappa shape index (κ3) is 6.89. The minimum Gasteiger partial charge on any atom is -0.460 e. The lowest BCUT2D eigenvalue weighted by atomic mass is 10.1. The molecule has 3 heterocycles. The average molecular weight is 583 g/mol. The lowest BCUT2D eigenvalue weighted by Crippen LogP contribution is -2.50.